The maximum absolute atomic E-state index is 5.34. The molecular weight excluding hydrogens is 274 g/mol. The predicted octanol–water partition coefficient (Wildman–Crippen LogP) is 3.03. The molecule has 0 aromatic heterocycles. The van der Waals surface area contributed by atoms with Gasteiger partial charge in [-0.3, -0.25) is 4.99 Å². The van der Waals surface area contributed by atoms with E-state index in [-0.39, 0.29) is 0 Å². The fourth-order valence-electron chi connectivity index (χ4n) is 4.76. The van der Waals surface area contributed by atoms with Crippen LogP contribution >= 0.6 is 0 Å². The lowest BCUT2D eigenvalue weighted by molar-refractivity contribution is 0.137. The number of methoxy groups -OCH3 is 1. The lowest BCUT2D eigenvalue weighted by Crippen LogP contribution is -2.46. The Balaban J connectivity index is 1.54. The van der Waals surface area contributed by atoms with Crippen molar-refractivity contribution in [3.05, 3.63) is 0 Å². The van der Waals surface area contributed by atoms with Crippen LogP contribution in [-0.2, 0) is 4.74 Å². The summed E-state index contributed by atoms with van der Waals surface area (Å²) < 4.78 is 5.34. The van der Waals surface area contributed by atoms with Crippen molar-refractivity contribution < 1.29 is 4.74 Å². The van der Waals surface area contributed by atoms with Crippen LogP contribution in [0.25, 0.3) is 0 Å². The zero-order valence-corrected chi connectivity index (χ0v) is 14.5. The van der Waals surface area contributed by atoms with E-state index in [2.05, 4.69) is 15.2 Å². The van der Waals surface area contributed by atoms with Crippen molar-refractivity contribution in [3.63, 3.8) is 0 Å². The monoisotopic (exact) mass is 307 g/mol. The van der Waals surface area contributed by atoms with Crippen LogP contribution in [0.1, 0.15) is 57.8 Å². The van der Waals surface area contributed by atoms with Gasteiger partial charge >= 0.3 is 0 Å². The molecule has 1 saturated heterocycles. The SMILES string of the molecule is CN=C(NCC1(CCOC)CCCC1)N1CCC2(CCC2)C1. The van der Waals surface area contributed by atoms with Gasteiger partial charge in [-0.05, 0) is 49.4 Å². The Kier molecular flexibility index (Phi) is 4.96. The van der Waals surface area contributed by atoms with E-state index in [1.165, 1.54) is 70.9 Å². The number of nitrogens with one attached hydrogen (secondary N) is 1. The Morgan fingerprint density at radius 2 is 1.91 bits per heavy atom. The van der Waals surface area contributed by atoms with E-state index in [4.69, 9.17) is 4.74 Å². The van der Waals surface area contributed by atoms with Gasteiger partial charge < -0.3 is 15.0 Å². The van der Waals surface area contributed by atoms with Crippen LogP contribution in [0.4, 0.5) is 0 Å². The Morgan fingerprint density at radius 3 is 2.45 bits per heavy atom. The number of hydrogen-bond donors (Lipinski definition) is 1. The third kappa shape index (κ3) is 3.27. The molecule has 0 bridgehead atoms. The van der Waals surface area contributed by atoms with Gasteiger partial charge in [0.1, 0.15) is 0 Å². The molecule has 2 aliphatic carbocycles. The fraction of sp³-hybridized carbons (Fsp3) is 0.944. The number of rotatable bonds is 5. The van der Waals surface area contributed by atoms with Gasteiger partial charge in [0.2, 0.25) is 0 Å². The average Bonchev–Trinajstić information content (AvgIpc) is 3.13. The van der Waals surface area contributed by atoms with E-state index in [9.17, 15) is 0 Å². The quantitative estimate of drug-likeness (QED) is 0.626. The molecule has 0 aromatic carbocycles. The van der Waals surface area contributed by atoms with Crippen molar-refractivity contribution in [1.82, 2.24) is 10.2 Å². The standard InChI is InChI=1S/C18H33N3O/c1-19-16(21-12-10-18(15-21)8-5-9-18)20-14-17(11-13-22-2)6-3-4-7-17/h3-15H2,1-2H3,(H,19,20). The normalized spacial score (nSPS) is 26.5. The summed E-state index contributed by atoms with van der Waals surface area (Å²) in [5.41, 5.74) is 1.07. The fourth-order valence-corrected chi connectivity index (χ4v) is 4.76. The largest absolute Gasteiger partial charge is 0.385 e. The molecule has 22 heavy (non-hydrogen) atoms. The first-order chi connectivity index (χ1) is 10.7. The molecule has 3 aliphatic rings. The predicted molar refractivity (Wildman–Crippen MR) is 91.2 cm³/mol. The molecular formula is C18H33N3O. The Hall–Kier alpha value is -0.770. The maximum atomic E-state index is 5.34. The second-order valence-electron chi connectivity index (χ2n) is 7.88. The average molecular weight is 307 g/mol. The van der Waals surface area contributed by atoms with Crippen molar-refractivity contribution in [1.29, 1.82) is 0 Å². The molecule has 0 amide bonds. The first-order valence-electron chi connectivity index (χ1n) is 9.16. The van der Waals surface area contributed by atoms with Crippen molar-refractivity contribution in [3.8, 4) is 0 Å². The lowest BCUT2D eigenvalue weighted by atomic mass is 9.68. The molecule has 1 aliphatic heterocycles. The van der Waals surface area contributed by atoms with Gasteiger partial charge in [-0.2, -0.15) is 0 Å². The van der Waals surface area contributed by atoms with E-state index >= 15 is 0 Å². The van der Waals surface area contributed by atoms with E-state index in [1.54, 1.807) is 0 Å². The minimum Gasteiger partial charge on any atom is -0.385 e. The van der Waals surface area contributed by atoms with Crippen molar-refractivity contribution in [2.24, 2.45) is 15.8 Å². The minimum absolute atomic E-state index is 0.430. The molecule has 126 valence electrons. The first kappa shape index (κ1) is 16.1. The summed E-state index contributed by atoms with van der Waals surface area (Å²) in [4.78, 5) is 7.06. The number of aliphatic imine (C=N–C) groups is 1. The van der Waals surface area contributed by atoms with Gasteiger partial charge in [0, 0.05) is 40.4 Å². The highest BCUT2D eigenvalue weighted by molar-refractivity contribution is 5.80. The summed E-state index contributed by atoms with van der Waals surface area (Å²) in [7, 11) is 3.75. The van der Waals surface area contributed by atoms with Gasteiger partial charge in [-0.15, -0.1) is 0 Å². The summed E-state index contributed by atoms with van der Waals surface area (Å²) in [5, 5.41) is 3.71. The Bertz CT molecular complexity index is 397. The molecule has 4 heteroatoms. The summed E-state index contributed by atoms with van der Waals surface area (Å²) in [6, 6.07) is 0. The van der Waals surface area contributed by atoms with Gasteiger partial charge in [0.05, 0.1) is 0 Å². The van der Waals surface area contributed by atoms with Crippen LogP contribution in [0, 0.1) is 10.8 Å². The number of ether oxygens (including phenoxy) is 1. The van der Waals surface area contributed by atoms with Crippen LogP contribution in [-0.4, -0.2) is 51.3 Å². The molecule has 0 atom stereocenters. The van der Waals surface area contributed by atoms with Crippen molar-refractivity contribution in [2.45, 2.75) is 57.8 Å². The van der Waals surface area contributed by atoms with E-state index in [1.807, 2.05) is 14.2 Å². The highest BCUT2D eigenvalue weighted by Crippen LogP contribution is 2.48. The summed E-state index contributed by atoms with van der Waals surface area (Å²) in [6.45, 7) is 4.35. The zero-order chi connectivity index (χ0) is 15.5. The smallest absolute Gasteiger partial charge is 0.193 e. The number of nitrogens with zero attached hydrogens (tertiary/aromatic N) is 2. The molecule has 0 aromatic rings. The van der Waals surface area contributed by atoms with E-state index in [0.717, 1.165) is 19.1 Å². The second-order valence-corrected chi connectivity index (χ2v) is 7.88. The van der Waals surface area contributed by atoms with Crippen LogP contribution < -0.4 is 5.32 Å². The molecule has 2 saturated carbocycles. The number of guanidine groups is 1. The lowest BCUT2D eigenvalue weighted by Gasteiger charge is -2.38. The minimum atomic E-state index is 0.430. The highest BCUT2D eigenvalue weighted by Gasteiger charge is 2.43. The van der Waals surface area contributed by atoms with Crippen LogP contribution in [0.15, 0.2) is 4.99 Å². The molecule has 3 fully saturated rings. The molecule has 3 rings (SSSR count). The van der Waals surface area contributed by atoms with E-state index < -0.39 is 0 Å². The molecule has 1 heterocycles. The highest BCUT2D eigenvalue weighted by atomic mass is 16.5. The third-order valence-corrected chi connectivity index (χ3v) is 6.49. The van der Waals surface area contributed by atoms with E-state index in [0.29, 0.717) is 10.8 Å². The molecule has 0 unspecified atom stereocenters. The topological polar surface area (TPSA) is 36.9 Å². The molecule has 0 radical (unpaired) electrons. The summed E-state index contributed by atoms with van der Waals surface area (Å²) >= 11 is 0. The van der Waals surface area contributed by atoms with Crippen LogP contribution in [0.5, 0.6) is 0 Å². The summed E-state index contributed by atoms with van der Waals surface area (Å²) in [6.07, 6.45) is 12.2. The molecule has 4 nitrogen and oxygen atoms in total. The third-order valence-electron chi connectivity index (χ3n) is 6.49. The van der Waals surface area contributed by atoms with Gasteiger partial charge in [0.25, 0.3) is 0 Å². The Morgan fingerprint density at radius 1 is 1.14 bits per heavy atom. The first-order valence-corrected chi connectivity index (χ1v) is 9.16. The second kappa shape index (κ2) is 6.77. The van der Waals surface area contributed by atoms with Crippen molar-refractivity contribution in [2.75, 3.05) is 40.4 Å². The number of hydrogen-bond acceptors (Lipinski definition) is 2. The zero-order valence-electron chi connectivity index (χ0n) is 14.5. The van der Waals surface area contributed by atoms with Gasteiger partial charge in [0.15, 0.2) is 5.96 Å². The number of likely N-dealkylation sites (tertiary alicyclic amines) is 1. The van der Waals surface area contributed by atoms with Crippen LogP contribution in [0.3, 0.4) is 0 Å². The van der Waals surface area contributed by atoms with Gasteiger partial charge in [-0.25, -0.2) is 0 Å². The molecule has 1 N–H and O–H groups in total. The van der Waals surface area contributed by atoms with Gasteiger partial charge in [-0.1, -0.05) is 19.3 Å². The Labute approximate surface area is 135 Å². The molecule has 1 spiro atoms. The summed E-state index contributed by atoms with van der Waals surface area (Å²) in [5.74, 6) is 1.13. The van der Waals surface area contributed by atoms with Crippen LogP contribution in [0.2, 0.25) is 0 Å². The maximum Gasteiger partial charge on any atom is 0.193 e. The van der Waals surface area contributed by atoms with Crippen molar-refractivity contribution >= 4 is 5.96 Å².